The van der Waals surface area contributed by atoms with Gasteiger partial charge in [0.2, 0.25) is 0 Å². The van der Waals surface area contributed by atoms with Crippen molar-refractivity contribution in [2.75, 3.05) is 12.8 Å². The van der Waals surface area contributed by atoms with Gasteiger partial charge in [-0.15, -0.1) is 0 Å². The summed E-state index contributed by atoms with van der Waals surface area (Å²) >= 11 is 5.93. The van der Waals surface area contributed by atoms with Gasteiger partial charge in [-0.2, -0.15) is 0 Å². The smallest absolute Gasteiger partial charge is 0.132 e. The Labute approximate surface area is 150 Å². The van der Waals surface area contributed by atoms with Gasteiger partial charge in [-0.25, -0.2) is 9.97 Å². The third-order valence-electron chi connectivity index (χ3n) is 4.48. The van der Waals surface area contributed by atoms with Crippen LogP contribution < -0.4 is 15.2 Å². The molecule has 3 aromatic rings. The normalized spacial score (nSPS) is 14.3. The molecule has 0 saturated heterocycles. The molecule has 0 radical (unpaired) electrons. The third-order valence-corrected chi connectivity index (χ3v) is 4.68. The van der Waals surface area contributed by atoms with Crippen molar-refractivity contribution >= 4 is 28.3 Å². The lowest BCUT2D eigenvalue weighted by molar-refractivity contribution is 0.120. The van der Waals surface area contributed by atoms with Crippen LogP contribution in [0.25, 0.3) is 22.0 Å². The first-order valence-electron chi connectivity index (χ1n) is 8.20. The minimum atomic E-state index is 0.290. The first-order valence-corrected chi connectivity index (χ1v) is 8.58. The number of aromatic nitrogens is 2. The van der Waals surface area contributed by atoms with Crippen molar-refractivity contribution in [3.8, 4) is 22.6 Å². The Balaban J connectivity index is 1.79. The number of nitrogen functional groups attached to an aromatic ring is 1. The number of nitrogens with two attached hydrogens (primary N) is 1. The monoisotopic (exact) mass is 355 g/mol. The van der Waals surface area contributed by atoms with E-state index in [0.717, 1.165) is 46.4 Å². The summed E-state index contributed by atoms with van der Waals surface area (Å²) in [5.41, 5.74) is 8.62. The topological polar surface area (TPSA) is 70.3 Å². The van der Waals surface area contributed by atoms with Crippen LogP contribution in [0.15, 0.2) is 36.5 Å². The minimum absolute atomic E-state index is 0.290. The number of benzene rings is 1. The van der Waals surface area contributed by atoms with E-state index in [1.165, 1.54) is 6.42 Å². The molecule has 1 fully saturated rings. The molecule has 0 unspecified atom stereocenters. The number of methoxy groups -OCH3 is 1. The van der Waals surface area contributed by atoms with Gasteiger partial charge in [-0.3, -0.25) is 0 Å². The molecule has 2 heterocycles. The molecule has 0 amide bonds. The van der Waals surface area contributed by atoms with Crippen LogP contribution in [-0.2, 0) is 0 Å². The molecule has 1 aliphatic carbocycles. The second kappa shape index (κ2) is 6.41. The molecule has 5 nitrogen and oxygen atoms in total. The van der Waals surface area contributed by atoms with Crippen LogP contribution in [0.1, 0.15) is 19.3 Å². The predicted molar refractivity (Wildman–Crippen MR) is 99.2 cm³/mol. The summed E-state index contributed by atoms with van der Waals surface area (Å²) in [4.78, 5) is 8.57. The van der Waals surface area contributed by atoms with Gasteiger partial charge in [0.15, 0.2) is 0 Å². The van der Waals surface area contributed by atoms with Crippen LogP contribution in [0.5, 0.6) is 11.5 Å². The molecule has 1 saturated carbocycles. The molecular weight excluding hydrogens is 338 g/mol. The number of nitrogens with zero attached hydrogens (tertiary/aromatic N) is 2. The third kappa shape index (κ3) is 3.20. The Bertz CT molecular complexity index is 941. The average molecular weight is 356 g/mol. The summed E-state index contributed by atoms with van der Waals surface area (Å²) in [6.07, 6.45) is 5.40. The van der Waals surface area contributed by atoms with Crippen LogP contribution in [0, 0.1) is 0 Å². The Kier molecular flexibility index (Phi) is 4.09. The zero-order chi connectivity index (χ0) is 17.4. The van der Waals surface area contributed by atoms with E-state index in [1.807, 2.05) is 24.3 Å². The van der Waals surface area contributed by atoms with Gasteiger partial charge in [0, 0.05) is 29.3 Å². The van der Waals surface area contributed by atoms with Crippen LogP contribution in [0.4, 0.5) is 5.82 Å². The summed E-state index contributed by atoms with van der Waals surface area (Å²) in [7, 11) is 1.64. The molecule has 1 aromatic carbocycles. The summed E-state index contributed by atoms with van der Waals surface area (Å²) in [5.74, 6) is 1.94. The lowest BCUT2D eigenvalue weighted by Crippen LogP contribution is -2.24. The first-order chi connectivity index (χ1) is 12.1. The maximum atomic E-state index is 6.19. The first kappa shape index (κ1) is 16.0. The molecule has 2 N–H and O–H groups in total. The van der Waals surface area contributed by atoms with Crippen LogP contribution in [0.3, 0.4) is 0 Å². The molecule has 25 heavy (non-hydrogen) atoms. The van der Waals surface area contributed by atoms with Gasteiger partial charge >= 0.3 is 0 Å². The van der Waals surface area contributed by atoms with Crippen molar-refractivity contribution < 1.29 is 9.47 Å². The highest BCUT2D eigenvalue weighted by molar-refractivity contribution is 6.30. The summed E-state index contributed by atoms with van der Waals surface area (Å²) in [6, 6.07) is 9.46. The summed E-state index contributed by atoms with van der Waals surface area (Å²) < 4.78 is 11.4. The maximum absolute atomic E-state index is 6.19. The van der Waals surface area contributed by atoms with E-state index in [9.17, 15) is 0 Å². The van der Waals surface area contributed by atoms with Gasteiger partial charge in [0.25, 0.3) is 0 Å². The SMILES string of the molecule is COc1cc(OC2CCC2)cc(-c2cc3cnc(Cl)cc3nc2N)c1. The molecule has 0 aliphatic heterocycles. The van der Waals surface area contributed by atoms with E-state index in [2.05, 4.69) is 9.97 Å². The molecule has 4 rings (SSSR count). The average Bonchev–Trinajstić information content (AvgIpc) is 2.57. The second-order valence-electron chi connectivity index (χ2n) is 6.19. The van der Waals surface area contributed by atoms with Crippen molar-refractivity contribution in [2.24, 2.45) is 0 Å². The van der Waals surface area contributed by atoms with Crippen molar-refractivity contribution in [2.45, 2.75) is 25.4 Å². The van der Waals surface area contributed by atoms with E-state index in [0.29, 0.717) is 17.1 Å². The molecule has 1 aliphatic rings. The number of halogens is 1. The van der Waals surface area contributed by atoms with Gasteiger partial charge < -0.3 is 15.2 Å². The van der Waals surface area contributed by atoms with Gasteiger partial charge in [0.05, 0.1) is 18.7 Å². The quantitative estimate of drug-likeness (QED) is 0.699. The number of hydrogen-bond acceptors (Lipinski definition) is 5. The fraction of sp³-hybridized carbons (Fsp3) is 0.263. The minimum Gasteiger partial charge on any atom is -0.497 e. The Morgan fingerprint density at radius 3 is 2.64 bits per heavy atom. The standard InChI is InChI=1S/C19H18ClN3O2/c1-24-14-5-11(6-15(8-14)25-13-3-2-4-13)16-7-12-10-22-18(20)9-17(12)23-19(16)21/h5-10,13H,2-4H2,1H3,(H2,21,23). The van der Waals surface area contributed by atoms with Crippen molar-refractivity contribution in [3.63, 3.8) is 0 Å². The van der Waals surface area contributed by atoms with E-state index >= 15 is 0 Å². The van der Waals surface area contributed by atoms with E-state index in [1.54, 1.807) is 19.4 Å². The predicted octanol–water partition coefficient (Wildman–Crippen LogP) is 4.47. The van der Waals surface area contributed by atoms with Crippen molar-refractivity contribution in [1.82, 2.24) is 9.97 Å². The van der Waals surface area contributed by atoms with Crippen molar-refractivity contribution in [1.29, 1.82) is 0 Å². The number of anilines is 1. The Morgan fingerprint density at radius 2 is 1.92 bits per heavy atom. The molecular formula is C19H18ClN3O2. The number of fused-ring (bicyclic) bond motifs is 1. The lowest BCUT2D eigenvalue weighted by atomic mass is 9.96. The molecule has 2 aromatic heterocycles. The van der Waals surface area contributed by atoms with E-state index in [4.69, 9.17) is 26.8 Å². The van der Waals surface area contributed by atoms with Crippen LogP contribution in [0.2, 0.25) is 5.15 Å². The van der Waals surface area contributed by atoms with Crippen LogP contribution >= 0.6 is 11.6 Å². The molecule has 0 atom stereocenters. The number of pyridine rings is 2. The van der Waals surface area contributed by atoms with Crippen LogP contribution in [-0.4, -0.2) is 23.2 Å². The zero-order valence-electron chi connectivity index (χ0n) is 13.8. The summed E-state index contributed by atoms with van der Waals surface area (Å²) in [5, 5.41) is 1.27. The number of ether oxygens (including phenoxy) is 2. The Hall–Kier alpha value is -2.53. The fourth-order valence-corrected chi connectivity index (χ4v) is 3.04. The lowest BCUT2D eigenvalue weighted by Gasteiger charge is -2.26. The van der Waals surface area contributed by atoms with Crippen molar-refractivity contribution in [3.05, 3.63) is 41.7 Å². The van der Waals surface area contributed by atoms with E-state index in [-0.39, 0.29) is 0 Å². The van der Waals surface area contributed by atoms with Gasteiger partial charge in [-0.05, 0) is 43.0 Å². The largest absolute Gasteiger partial charge is 0.497 e. The highest BCUT2D eigenvalue weighted by atomic mass is 35.5. The van der Waals surface area contributed by atoms with Gasteiger partial charge in [-0.1, -0.05) is 11.6 Å². The molecule has 0 spiro atoms. The second-order valence-corrected chi connectivity index (χ2v) is 6.58. The Morgan fingerprint density at radius 1 is 1.12 bits per heavy atom. The number of rotatable bonds is 4. The summed E-state index contributed by atoms with van der Waals surface area (Å²) in [6.45, 7) is 0. The molecule has 0 bridgehead atoms. The number of hydrogen-bond donors (Lipinski definition) is 1. The zero-order valence-corrected chi connectivity index (χ0v) is 14.6. The molecule has 6 heteroatoms. The highest BCUT2D eigenvalue weighted by Gasteiger charge is 2.20. The molecule has 128 valence electrons. The van der Waals surface area contributed by atoms with Gasteiger partial charge in [0.1, 0.15) is 22.5 Å². The van der Waals surface area contributed by atoms with E-state index < -0.39 is 0 Å². The maximum Gasteiger partial charge on any atom is 0.132 e. The fourth-order valence-electron chi connectivity index (χ4n) is 2.88. The highest BCUT2D eigenvalue weighted by Crippen LogP contribution is 2.35.